The van der Waals surface area contributed by atoms with E-state index in [0.29, 0.717) is 17.8 Å². The van der Waals surface area contributed by atoms with Crippen molar-refractivity contribution in [3.8, 4) is 0 Å². The van der Waals surface area contributed by atoms with Crippen LogP contribution in [0.1, 0.15) is 75.1 Å². The van der Waals surface area contributed by atoms with Gasteiger partial charge < -0.3 is 5.73 Å². The highest BCUT2D eigenvalue weighted by atomic mass is 16.1. The lowest BCUT2D eigenvalue weighted by atomic mass is 10.0. The van der Waals surface area contributed by atoms with Crippen LogP contribution in [0.2, 0.25) is 0 Å². The Morgan fingerprint density at radius 3 is 2.26 bits per heavy atom. The molecule has 0 atom stereocenters. The number of unbranched alkanes of at least 4 members (excludes halogenated alkanes) is 7. The van der Waals surface area contributed by atoms with Crippen LogP contribution in [0.4, 0.5) is 5.82 Å². The summed E-state index contributed by atoms with van der Waals surface area (Å²) < 4.78 is 1.54. The molecule has 0 saturated heterocycles. The summed E-state index contributed by atoms with van der Waals surface area (Å²) in [6.45, 7) is 2.23. The fourth-order valence-electron chi connectivity index (χ4n) is 2.22. The Labute approximate surface area is 116 Å². The Bertz CT molecular complexity index is 385. The van der Waals surface area contributed by atoms with Crippen molar-refractivity contribution in [3.63, 3.8) is 0 Å². The zero-order valence-electron chi connectivity index (χ0n) is 12.3. The number of carbonyl (C=O) groups excluding carboxylic acids is 1. The fraction of sp³-hybridized carbons (Fsp3) is 0.733. The SMILES string of the molecule is CCCCCCCCCCC(=O)c1cnn(C)c1N. The predicted molar refractivity (Wildman–Crippen MR) is 79.2 cm³/mol. The quantitative estimate of drug-likeness (QED) is 0.518. The number of rotatable bonds is 10. The zero-order valence-corrected chi connectivity index (χ0v) is 12.3. The van der Waals surface area contributed by atoms with Gasteiger partial charge in [0.25, 0.3) is 0 Å². The van der Waals surface area contributed by atoms with Crippen LogP contribution in [0.5, 0.6) is 0 Å². The summed E-state index contributed by atoms with van der Waals surface area (Å²) in [5.74, 6) is 0.598. The first kappa shape index (κ1) is 15.7. The number of hydrogen-bond donors (Lipinski definition) is 1. The molecule has 1 aromatic rings. The van der Waals surface area contributed by atoms with E-state index >= 15 is 0 Å². The van der Waals surface area contributed by atoms with Crippen LogP contribution in [-0.4, -0.2) is 15.6 Å². The minimum absolute atomic E-state index is 0.122. The van der Waals surface area contributed by atoms with Crippen LogP contribution in [0.15, 0.2) is 6.20 Å². The van der Waals surface area contributed by atoms with Crippen LogP contribution >= 0.6 is 0 Å². The maximum atomic E-state index is 11.9. The van der Waals surface area contributed by atoms with Gasteiger partial charge in [-0.25, -0.2) is 0 Å². The molecule has 1 aromatic heterocycles. The number of aryl methyl sites for hydroxylation is 1. The molecule has 0 radical (unpaired) electrons. The van der Waals surface area contributed by atoms with Gasteiger partial charge in [-0.05, 0) is 6.42 Å². The number of ketones is 1. The van der Waals surface area contributed by atoms with E-state index in [-0.39, 0.29) is 5.78 Å². The number of carbonyl (C=O) groups is 1. The molecular formula is C15H27N3O. The van der Waals surface area contributed by atoms with Crippen molar-refractivity contribution in [2.45, 2.75) is 64.7 Å². The molecule has 1 rings (SSSR count). The Morgan fingerprint density at radius 1 is 1.16 bits per heavy atom. The molecule has 0 saturated carbocycles. The molecule has 0 aliphatic carbocycles. The van der Waals surface area contributed by atoms with Gasteiger partial charge in [-0.3, -0.25) is 9.48 Å². The average Bonchev–Trinajstić information content (AvgIpc) is 2.73. The van der Waals surface area contributed by atoms with Gasteiger partial charge >= 0.3 is 0 Å². The lowest BCUT2D eigenvalue weighted by Gasteiger charge is -2.02. The topological polar surface area (TPSA) is 60.9 Å². The molecule has 0 spiro atoms. The van der Waals surface area contributed by atoms with Crippen molar-refractivity contribution in [1.29, 1.82) is 0 Å². The lowest BCUT2D eigenvalue weighted by molar-refractivity contribution is 0.0980. The maximum Gasteiger partial charge on any atom is 0.168 e. The van der Waals surface area contributed by atoms with Crippen molar-refractivity contribution < 1.29 is 4.79 Å². The zero-order chi connectivity index (χ0) is 14.1. The molecule has 1 heterocycles. The number of hydrogen-bond acceptors (Lipinski definition) is 3. The molecule has 0 fully saturated rings. The highest BCUT2D eigenvalue weighted by Crippen LogP contribution is 2.15. The minimum atomic E-state index is 0.122. The van der Waals surface area contributed by atoms with Crippen molar-refractivity contribution in [2.75, 3.05) is 5.73 Å². The summed E-state index contributed by atoms with van der Waals surface area (Å²) in [7, 11) is 1.75. The molecule has 4 heteroatoms. The van der Waals surface area contributed by atoms with Crippen LogP contribution < -0.4 is 5.73 Å². The predicted octanol–water partition coefficient (Wildman–Crippen LogP) is 3.72. The second kappa shape index (κ2) is 8.73. The summed E-state index contributed by atoms with van der Waals surface area (Å²) >= 11 is 0. The third-order valence-electron chi connectivity index (χ3n) is 3.54. The second-order valence-corrected chi connectivity index (χ2v) is 5.22. The minimum Gasteiger partial charge on any atom is -0.383 e. The number of aromatic nitrogens is 2. The van der Waals surface area contributed by atoms with Gasteiger partial charge in [0.15, 0.2) is 5.78 Å². The van der Waals surface area contributed by atoms with E-state index in [0.717, 1.165) is 12.8 Å². The standard InChI is InChI=1S/C15H27N3O/c1-3-4-5-6-7-8-9-10-11-14(19)13-12-17-18(2)15(13)16/h12H,3-11,16H2,1-2H3. The number of Topliss-reactive ketones (excluding diaryl/α,β-unsaturated/α-hetero) is 1. The molecule has 0 amide bonds. The highest BCUT2D eigenvalue weighted by Gasteiger charge is 2.12. The molecule has 0 aliphatic rings. The monoisotopic (exact) mass is 265 g/mol. The molecule has 0 aliphatic heterocycles. The molecular weight excluding hydrogens is 238 g/mol. The van der Waals surface area contributed by atoms with Gasteiger partial charge in [0.2, 0.25) is 0 Å². The third kappa shape index (κ3) is 5.45. The number of nitrogen functional groups attached to an aromatic ring is 1. The van der Waals surface area contributed by atoms with Gasteiger partial charge in [-0.15, -0.1) is 0 Å². The Morgan fingerprint density at radius 2 is 1.74 bits per heavy atom. The van der Waals surface area contributed by atoms with Crippen molar-refractivity contribution >= 4 is 11.6 Å². The van der Waals surface area contributed by atoms with E-state index < -0.39 is 0 Å². The first-order valence-corrected chi connectivity index (χ1v) is 7.47. The first-order chi connectivity index (χ1) is 9.16. The largest absolute Gasteiger partial charge is 0.383 e. The van der Waals surface area contributed by atoms with Crippen LogP contribution in [0.25, 0.3) is 0 Å². The Kier molecular flexibility index (Phi) is 7.23. The summed E-state index contributed by atoms with van der Waals surface area (Å²) in [5, 5.41) is 3.99. The van der Waals surface area contributed by atoms with Gasteiger partial charge in [0.1, 0.15) is 5.82 Å². The summed E-state index contributed by atoms with van der Waals surface area (Å²) in [6, 6.07) is 0. The van der Waals surface area contributed by atoms with E-state index in [4.69, 9.17) is 5.73 Å². The normalized spacial score (nSPS) is 10.8. The smallest absolute Gasteiger partial charge is 0.168 e. The summed E-state index contributed by atoms with van der Waals surface area (Å²) in [4.78, 5) is 11.9. The molecule has 4 nitrogen and oxygen atoms in total. The third-order valence-corrected chi connectivity index (χ3v) is 3.54. The van der Waals surface area contributed by atoms with Crippen molar-refractivity contribution in [3.05, 3.63) is 11.8 Å². The van der Waals surface area contributed by atoms with Gasteiger partial charge in [-0.2, -0.15) is 5.10 Å². The fourth-order valence-corrected chi connectivity index (χ4v) is 2.22. The highest BCUT2D eigenvalue weighted by molar-refractivity contribution is 5.99. The molecule has 2 N–H and O–H groups in total. The first-order valence-electron chi connectivity index (χ1n) is 7.47. The van der Waals surface area contributed by atoms with Gasteiger partial charge in [0.05, 0.1) is 11.8 Å². The molecule has 108 valence electrons. The Hall–Kier alpha value is -1.32. The van der Waals surface area contributed by atoms with E-state index in [1.54, 1.807) is 17.9 Å². The number of nitrogens with zero attached hydrogens (tertiary/aromatic N) is 2. The number of nitrogens with two attached hydrogens (primary N) is 1. The van der Waals surface area contributed by atoms with Crippen LogP contribution in [-0.2, 0) is 7.05 Å². The molecule has 0 bridgehead atoms. The lowest BCUT2D eigenvalue weighted by Crippen LogP contribution is -2.04. The molecule has 19 heavy (non-hydrogen) atoms. The number of anilines is 1. The van der Waals surface area contributed by atoms with Crippen LogP contribution in [0.3, 0.4) is 0 Å². The van der Waals surface area contributed by atoms with Crippen molar-refractivity contribution in [2.24, 2.45) is 7.05 Å². The van der Waals surface area contributed by atoms with E-state index in [1.807, 2.05) is 0 Å². The Balaban J connectivity index is 2.10. The summed E-state index contributed by atoms with van der Waals surface area (Å²) in [5.41, 5.74) is 6.36. The van der Waals surface area contributed by atoms with E-state index in [9.17, 15) is 4.79 Å². The summed E-state index contributed by atoms with van der Waals surface area (Å²) in [6.07, 6.45) is 12.1. The second-order valence-electron chi connectivity index (χ2n) is 5.22. The van der Waals surface area contributed by atoms with E-state index in [2.05, 4.69) is 12.0 Å². The molecule has 0 unspecified atom stereocenters. The van der Waals surface area contributed by atoms with Gasteiger partial charge in [0, 0.05) is 13.5 Å². The maximum absolute atomic E-state index is 11.9. The van der Waals surface area contributed by atoms with E-state index in [1.165, 1.54) is 38.5 Å². The van der Waals surface area contributed by atoms with Crippen LogP contribution in [0, 0.1) is 0 Å². The van der Waals surface area contributed by atoms with Crippen molar-refractivity contribution in [1.82, 2.24) is 9.78 Å². The molecule has 0 aromatic carbocycles. The average molecular weight is 265 g/mol. The van der Waals surface area contributed by atoms with Gasteiger partial charge in [-0.1, -0.05) is 51.9 Å².